The minimum Gasteiger partial charge on any atom is -0.368 e. The summed E-state index contributed by atoms with van der Waals surface area (Å²) in [6.45, 7) is 2.09. The fraction of sp³-hybridized carbons (Fsp3) is 0.273. The summed E-state index contributed by atoms with van der Waals surface area (Å²) >= 11 is 1.63. The Labute approximate surface area is 183 Å². The van der Waals surface area contributed by atoms with Crippen LogP contribution in [0.25, 0.3) is 10.2 Å². The van der Waals surface area contributed by atoms with Gasteiger partial charge in [0.1, 0.15) is 11.8 Å². The molecule has 3 aromatic rings. The maximum Gasteiger partial charge on any atom is 0.271 e. The van der Waals surface area contributed by atoms with Crippen molar-refractivity contribution in [2.75, 3.05) is 28.3 Å². The summed E-state index contributed by atoms with van der Waals surface area (Å²) in [6, 6.07) is 14.2. The van der Waals surface area contributed by atoms with Crippen molar-refractivity contribution in [2.45, 2.75) is 25.3 Å². The van der Waals surface area contributed by atoms with Crippen molar-refractivity contribution in [1.29, 1.82) is 0 Å². The summed E-state index contributed by atoms with van der Waals surface area (Å²) < 4.78 is 1.02. The predicted molar refractivity (Wildman–Crippen MR) is 124 cm³/mol. The van der Waals surface area contributed by atoms with E-state index in [0.29, 0.717) is 5.69 Å². The quantitative estimate of drug-likeness (QED) is 0.643. The first-order chi connectivity index (χ1) is 15.1. The van der Waals surface area contributed by atoms with Crippen LogP contribution >= 0.6 is 11.3 Å². The number of benzene rings is 2. The molecule has 0 bridgehead atoms. The van der Waals surface area contributed by atoms with Gasteiger partial charge in [0.05, 0.1) is 15.9 Å². The van der Waals surface area contributed by atoms with E-state index in [4.69, 9.17) is 10.7 Å². The number of fused-ring (bicyclic) bond motifs is 1. The van der Waals surface area contributed by atoms with Gasteiger partial charge in [-0.05, 0) is 43.2 Å². The Bertz CT molecular complexity index is 1170. The highest BCUT2D eigenvalue weighted by molar-refractivity contribution is 7.22. The molecule has 1 fully saturated rings. The number of aromatic nitrogens is 1. The first kappa shape index (κ1) is 19.5. The third-order valence-electron chi connectivity index (χ3n) is 5.53. The molecule has 31 heavy (non-hydrogen) atoms. The second-order valence-electron chi connectivity index (χ2n) is 7.68. The number of nitrogens with two attached hydrogens (primary N) is 1. The van der Waals surface area contributed by atoms with Crippen LogP contribution in [0.15, 0.2) is 53.6 Å². The second kappa shape index (κ2) is 7.99. The van der Waals surface area contributed by atoms with E-state index in [1.807, 2.05) is 48.5 Å². The van der Waals surface area contributed by atoms with Crippen LogP contribution in [0.2, 0.25) is 0 Å². The van der Waals surface area contributed by atoms with Gasteiger partial charge in [0.25, 0.3) is 5.91 Å². The Hall–Kier alpha value is -3.46. The van der Waals surface area contributed by atoms with E-state index in [1.165, 1.54) is 17.9 Å². The van der Waals surface area contributed by atoms with E-state index in [9.17, 15) is 9.59 Å². The number of anilines is 3. The molecule has 2 aliphatic heterocycles. The van der Waals surface area contributed by atoms with Gasteiger partial charge >= 0.3 is 0 Å². The van der Waals surface area contributed by atoms with E-state index in [0.717, 1.165) is 34.1 Å². The van der Waals surface area contributed by atoms with Crippen LogP contribution < -0.4 is 21.0 Å². The first-order valence-corrected chi connectivity index (χ1v) is 11.1. The van der Waals surface area contributed by atoms with Crippen molar-refractivity contribution in [3.05, 3.63) is 48.5 Å². The molecule has 0 radical (unpaired) electrons. The van der Waals surface area contributed by atoms with Gasteiger partial charge in [-0.1, -0.05) is 29.5 Å². The summed E-state index contributed by atoms with van der Waals surface area (Å²) in [5, 5.41) is 9.85. The Balaban J connectivity index is 1.35. The number of primary amides is 1. The lowest BCUT2D eigenvalue weighted by Crippen LogP contribution is -2.39. The molecule has 1 aromatic heterocycles. The minimum atomic E-state index is -0.685. The number of amides is 2. The second-order valence-corrected chi connectivity index (χ2v) is 8.69. The number of rotatable bonds is 5. The van der Waals surface area contributed by atoms with Gasteiger partial charge in [-0.2, -0.15) is 5.10 Å². The molecule has 2 amide bonds. The van der Waals surface area contributed by atoms with Crippen LogP contribution in [0.1, 0.15) is 19.3 Å². The molecule has 0 aliphatic carbocycles. The average Bonchev–Trinajstić information content (AvgIpc) is 3.52. The fourth-order valence-electron chi connectivity index (χ4n) is 3.92. The topological polar surface area (TPSA) is 104 Å². The van der Waals surface area contributed by atoms with Crippen LogP contribution in [-0.2, 0) is 9.59 Å². The third kappa shape index (κ3) is 3.84. The summed E-state index contributed by atoms with van der Waals surface area (Å²) in [4.78, 5) is 31.8. The molecule has 1 atom stereocenters. The largest absolute Gasteiger partial charge is 0.368 e. The number of hydrogen-bond acceptors (Lipinski definition) is 7. The van der Waals surface area contributed by atoms with Crippen molar-refractivity contribution in [2.24, 2.45) is 10.8 Å². The molecule has 3 N–H and O–H groups in total. The molecule has 9 heteroatoms. The van der Waals surface area contributed by atoms with Crippen LogP contribution in [0.5, 0.6) is 0 Å². The highest BCUT2D eigenvalue weighted by Crippen LogP contribution is 2.32. The molecular weight excluding hydrogens is 412 g/mol. The number of nitrogens with zero attached hydrogens (tertiary/aromatic N) is 4. The van der Waals surface area contributed by atoms with E-state index < -0.39 is 11.9 Å². The van der Waals surface area contributed by atoms with E-state index in [2.05, 4.69) is 15.3 Å². The van der Waals surface area contributed by atoms with Gasteiger partial charge in [0.15, 0.2) is 5.13 Å². The monoisotopic (exact) mass is 434 g/mol. The van der Waals surface area contributed by atoms with Crippen LogP contribution in [0.4, 0.5) is 16.5 Å². The maximum atomic E-state index is 12.9. The number of carbonyl (C=O) groups is 2. The highest BCUT2D eigenvalue weighted by Gasteiger charge is 2.35. The van der Waals surface area contributed by atoms with Crippen LogP contribution in [-0.4, -0.2) is 41.6 Å². The molecule has 8 nitrogen and oxygen atoms in total. The zero-order valence-electron chi connectivity index (χ0n) is 16.8. The SMILES string of the molecule is NC(=O)[C@H]1CC(C(=O)Nc2ccc3nc(N4CCCC4)sc3c2)=NN1c1ccccc1. The van der Waals surface area contributed by atoms with E-state index >= 15 is 0 Å². The normalized spacial score (nSPS) is 18.5. The molecule has 0 saturated carbocycles. The zero-order chi connectivity index (χ0) is 21.4. The summed E-state index contributed by atoms with van der Waals surface area (Å²) in [5.74, 6) is -0.857. The van der Waals surface area contributed by atoms with E-state index in [-0.39, 0.29) is 18.0 Å². The number of para-hydroxylation sites is 1. The van der Waals surface area contributed by atoms with Crippen LogP contribution in [0.3, 0.4) is 0 Å². The molecule has 1 saturated heterocycles. The summed E-state index contributed by atoms with van der Waals surface area (Å²) in [5.41, 5.74) is 8.15. The highest BCUT2D eigenvalue weighted by atomic mass is 32.1. The Morgan fingerprint density at radius 1 is 1.10 bits per heavy atom. The van der Waals surface area contributed by atoms with Crippen molar-refractivity contribution < 1.29 is 9.59 Å². The van der Waals surface area contributed by atoms with Gasteiger partial charge in [0.2, 0.25) is 5.91 Å². The number of hydrazone groups is 1. The number of carbonyl (C=O) groups excluding carboxylic acids is 2. The van der Waals surface area contributed by atoms with Crippen molar-refractivity contribution in [3.63, 3.8) is 0 Å². The third-order valence-corrected chi connectivity index (χ3v) is 6.61. The molecule has 5 rings (SSSR count). The standard InChI is InChI=1S/C22H22N6O2S/c23-20(29)18-13-17(26-28(18)15-6-2-1-3-7-15)21(30)24-14-8-9-16-19(12-14)31-22(25-16)27-10-4-5-11-27/h1-3,6-9,12,18H,4-5,10-11,13H2,(H2,23,29)(H,24,30)/t18-/m1/s1. The molecule has 0 unspecified atom stereocenters. The Morgan fingerprint density at radius 2 is 1.87 bits per heavy atom. The number of thiazole rings is 1. The lowest BCUT2D eigenvalue weighted by atomic mass is 10.1. The number of nitrogens with one attached hydrogen (secondary N) is 1. The number of hydrogen-bond donors (Lipinski definition) is 2. The Kier molecular flexibility index (Phi) is 5.03. The minimum absolute atomic E-state index is 0.165. The van der Waals surface area contributed by atoms with Gasteiger partial charge in [-0.3, -0.25) is 14.6 Å². The van der Waals surface area contributed by atoms with Crippen molar-refractivity contribution in [3.8, 4) is 0 Å². The molecule has 158 valence electrons. The van der Waals surface area contributed by atoms with Gasteiger partial charge < -0.3 is 16.0 Å². The van der Waals surface area contributed by atoms with Crippen molar-refractivity contribution >= 4 is 55.6 Å². The van der Waals surface area contributed by atoms with Gasteiger partial charge in [-0.25, -0.2) is 4.98 Å². The van der Waals surface area contributed by atoms with Gasteiger partial charge in [-0.15, -0.1) is 0 Å². The molecular formula is C22H22N6O2S. The predicted octanol–water partition coefficient (Wildman–Crippen LogP) is 2.96. The van der Waals surface area contributed by atoms with Crippen molar-refractivity contribution in [1.82, 2.24) is 4.98 Å². The van der Waals surface area contributed by atoms with Crippen LogP contribution in [0, 0.1) is 0 Å². The first-order valence-electron chi connectivity index (χ1n) is 10.3. The lowest BCUT2D eigenvalue weighted by molar-refractivity contribution is -0.119. The fourth-order valence-corrected chi connectivity index (χ4v) is 4.98. The molecule has 3 heterocycles. The average molecular weight is 435 g/mol. The zero-order valence-corrected chi connectivity index (χ0v) is 17.6. The maximum absolute atomic E-state index is 12.9. The smallest absolute Gasteiger partial charge is 0.271 e. The Morgan fingerprint density at radius 3 is 2.61 bits per heavy atom. The lowest BCUT2D eigenvalue weighted by Gasteiger charge is -2.20. The summed E-state index contributed by atoms with van der Waals surface area (Å²) in [6.07, 6.45) is 2.56. The molecule has 2 aliphatic rings. The summed E-state index contributed by atoms with van der Waals surface area (Å²) in [7, 11) is 0. The molecule has 2 aromatic carbocycles. The van der Waals surface area contributed by atoms with E-state index in [1.54, 1.807) is 11.3 Å². The molecule has 0 spiro atoms. The van der Waals surface area contributed by atoms with Gasteiger partial charge in [0, 0.05) is 25.2 Å².